The molecule has 0 radical (unpaired) electrons. The summed E-state index contributed by atoms with van der Waals surface area (Å²) < 4.78 is 15.3. The monoisotopic (exact) mass is 292 g/mol. The second kappa shape index (κ2) is 4.37. The largest absolute Gasteiger partial charge is 0.268 e. The van der Waals surface area contributed by atoms with Crippen molar-refractivity contribution in [1.82, 2.24) is 9.38 Å². The molecule has 3 nitrogen and oxygen atoms in total. The minimum absolute atomic E-state index is 0.118. The van der Waals surface area contributed by atoms with Gasteiger partial charge >= 0.3 is 0 Å². The Morgan fingerprint density at radius 2 is 1.77 bits per heavy atom. The topological polar surface area (TPSA) is 34.4 Å². The Balaban J connectivity index is 2.41. The van der Waals surface area contributed by atoms with Crippen molar-refractivity contribution < 1.29 is 4.39 Å². The van der Waals surface area contributed by atoms with Crippen LogP contribution < -0.4 is 5.56 Å². The van der Waals surface area contributed by atoms with Crippen LogP contribution in [0.1, 0.15) is 11.3 Å². The molecule has 0 amide bonds. The van der Waals surface area contributed by atoms with Crippen molar-refractivity contribution in [3.05, 3.63) is 69.9 Å². The number of pyridine rings is 1. The lowest BCUT2D eigenvalue weighted by molar-refractivity contribution is 0.629. The van der Waals surface area contributed by atoms with E-state index in [1.165, 1.54) is 12.1 Å². The number of nitrogens with zero attached hydrogens (tertiary/aromatic N) is 2. The molecule has 0 atom stereocenters. The van der Waals surface area contributed by atoms with Gasteiger partial charge in [0.15, 0.2) is 0 Å². The Kier molecular flexibility index (Phi) is 2.57. The van der Waals surface area contributed by atoms with Crippen LogP contribution in [-0.2, 0) is 0 Å². The Labute approximate surface area is 125 Å². The van der Waals surface area contributed by atoms with Gasteiger partial charge < -0.3 is 0 Å². The lowest BCUT2D eigenvalue weighted by Crippen LogP contribution is -2.18. The molecule has 0 fully saturated rings. The van der Waals surface area contributed by atoms with E-state index >= 15 is 0 Å². The van der Waals surface area contributed by atoms with E-state index in [4.69, 9.17) is 0 Å². The molecule has 4 rings (SSSR count). The molecule has 2 heterocycles. The number of rotatable bonds is 0. The summed E-state index contributed by atoms with van der Waals surface area (Å²) in [6.07, 6.45) is 0. The van der Waals surface area contributed by atoms with E-state index in [1.807, 2.05) is 26.0 Å². The fraction of sp³-hybridized carbons (Fsp3) is 0.111. The zero-order valence-corrected chi connectivity index (χ0v) is 12.2. The maximum absolute atomic E-state index is 13.7. The number of para-hydroxylation sites is 1. The number of aromatic nitrogens is 2. The lowest BCUT2D eigenvalue weighted by Gasteiger charge is -2.13. The Morgan fingerprint density at radius 1 is 1.00 bits per heavy atom. The van der Waals surface area contributed by atoms with Crippen molar-refractivity contribution in [3.8, 4) is 0 Å². The SMILES string of the molecule is Cc1c(C)n2c(=O)c3ccccc3nc2c2cc(F)ccc12. The fourth-order valence-corrected chi connectivity index (χ4v) is 3.02. The van der Waals surface area contributed by atoms with Crippen molar-refractivity contribution in [2.75, 3.05) is 0 Å². The highest BCUT2D eigenvalue weighted by Crippen LogP contribution is 2.26. The summed E-state index contributed by atoms with van der Waals surface area (Å²) in [7, 11) is 0. The van der Waals surface area contributed by atoms with E-state index in [2.05, 4.69) is 4.98 Å². The molecule has 0 bridgehead atoms. The van der Waals surface area contributed by atoms with Gasteiger partial charge in [-0.2, -0.15) is 0 Å². The van der Waals surface area contributed by atoms with Crippen molar-refractivity contribution in [3.63, 3.8) is 0 Å². The van der Waals surface area contributed by atoms with Crippen molar-refractivity contribution in [2.24, 2.45) is 0 Å². The molecule has 4 aromatic rings. The highest BCUT2D eigenvalue weighted by molar-refractivity contribution is 5.98. The molecular formula is C18H13FN2O. The third-order valence-corrected chi connectivity index (χ3v) is 4.28. The zero-order valence-electron chi connectivity index (χ0n) is 12.2. The van der Waals surface area contributed by atoms with Gasteiger partial charge in [-0.15, -0.1) is 0 Å². The smallest absolute Gasteiger partial charge is 0.265 e. The maximum atomic E-state index is 13.7. The summed E-state index contributed by atoms with van der Waals surface area (Å²) in [4.78, 5) is 17.4. The first-order chi connectivity index (χ1) is 10.6. The van der Waals surface area contributed by atoms with Gasteiger partial charge in [-0.05, 0) is 49.1 Å². The summed E-state index contributed by atoms with van der Waals surface area (Å²) in [5, 5.41) is 2.14. The number of halogens is 1. The molecule has 0 aliphatic rings. The Bertz CT molecular complexity index is 1130. The van der Waals surface area contributed by atoms with E-state index in [0.29, 0.717) is 21.9 Å². The first-order valence-electron chi connectivity index (χ1n) is 7.08. The summed E-state index contributed by atoms with van der Waals surface area (Å²) in [6, 6.07) is 11.9. The van der Waals surface area contributed by atoms with Gasteiger partial charge in [0.1, 0.15) is 11.5 Å². The summed E-state index contributed by atoms with van der Waals surface area (Å²) in [5.74, 6) is -0.333. The van der Waals surface area contributed by atoms with E-state index in [0.717, 1.165) is 16.6 Å². The quantitative estimate of drug-likeness (QED) is 0.365. The molecular weight excluding hydrogens is 279 g/mol. The minimum Gasteiger partial charge on any atom is -0.268 e. The molecule has 22 heavy (non-hydrogen) atoms. The normalized spacial score (nSPS) is 11.6. The highest BCUT2D eigenvalue weighted by Gasteiger charge is 2.14. The molecule has 4 heteroatoms. The van der Waals surface area contributed by atoms with Gasteiger partial charge in [-0.25, -0.2) is 9.37 Å². The van der Waals surface area contributed by atoms with E-state index < -0.39 is 0 Å². The molecule has 0 unspecified atom stereocenters. The third kappa shape index (κ3) is 1.61. The first-order valence-corrected chi connectivity index (χ1v) is 7.08. The molecule has 0 saturated heterocycles. The van der Waals surface area contributed by atoms with Gasteiger partial charge in [0, 0.05) is 11.1 Å². The van der Waals surface area contributed by atoms with Gasteiger partial charge in [-0.1, -0.05) is 18.2 Å². The van der Waals surface area contributed by atoms with Crippen molar-refractivity contribution in [1.29, 1.82) is 0 Å². The Morgan fingerprint density at radius 3 is 2.59 bits per heavy atom. The third-order valence-electron chi connectivity index (χ3n) is 4.28. The van der Waals surface area contributed by atoms with Gasteiger partial charge in [0.2, 0.25) is 0 Å². The fourth-order valence-electron chi connectivity index (χ4n) is 3.02. The van der Waals surface area contributed by atoms with E-state index in [9.17, 15) is 9.18 Å². The Hall–Kier alpha value is -2.75. The number of hydrogen-bond acceptors (Lipinski definition) is 2. The van der Waals surface area contributed by atoms with Crippen molar-refractivity contribution >= 4 is 27.3 Å². The molecule has 0 saturated carbocycles. The van der Waals surface area contributed by atoms with Crippen LogP contribution in [0.25, 0.3) is 27.3 Å². The van der Waals surface area contributed by atoms with Gasteiger partial charge in [-0.3, -0.25) is 9.20 Å². The van der Waals surface area contributed by atoms with Crippen molar-refractivity contribution in [2.45, 2.75) is 13.8 Å². The average molecular weight is 292 g/mol. The van der Waals surface area contributed by atoms with E-state index in [-0.39, 0.29) is 11.4 Å². The highest BCUT2D eigenvalue weighted by atomic mass is 19.1. The zero-order chi connectivity index (χ0) is 15.4. The maximum Gasteiger partial charge on any atom is 0.265 e. The number of aryl methyl sites for hydroxylation is 2. The average Bonchev–Trinajstić information content (AvgIpc) is 2.52. The lowest BCUT2D eigenvalue weighted by atomic mass is 10.0. The van der Waals surface area contributed by atoms with Crippen LogP contribution in [0.2, 0.25) is 0 Å². The summed E-state index contributed by atoms with van der Waals surface area (Å²) in [5.41, 5.74) is 2.80. The van der Waals surface area contributed by atoms with Crippen LogP contribution >= 0.6 is 0 Å². The van der Waals surface area contributed by atoms with Crippen LogP contribution in [0.4, 0.5) is 4.39 Å². The molecule has 0 aliphatic carbocycles. The second-order valence-electron chi connectivity index (χ2n) is 5.49. The number of fused-ring (bicyclic) bond motifs is 4. The number of benzene rings is 2. The molecule has 0 N–H and O–H groups in total. The number of hydrogen-bond donors (Lipinski definition) is 0. The molecule has 108 valence electrons. The van der Waals surface area contributed by atoms with Gasteiger partial charge in [0.05, 0.1) is 10.9 Å². The molecule has 2 aromatic heterocycles. The predicted molar refractivity (Wildman–Crippen MR) is 85.9 cm³/mol. The van der Waals surface area contributed by atoms with Crippen LogP contribution in [0, 0.1) is 19.7 Å². The second-order valence-corrected chi connectivity index (χ2v) is 5.49. The summed E-state index contributed by atoms with van der Waals surface area (Å²) >= 11 is 0. The molecule has 2 aromatic carbocycles. The molecule has 0 spiro atoms. The van der Waals surface area contributed by atoms with Crippen LogP contribution in [0.5, 0.6) is 0 Å². The van der Waals surface area contributed by atoms with Crippen LogP contribution in [0.15, 0.2) is 47.3 Å². The van der Waals surface area contributed by atoms with Gasteiger partial charge in [0.25, 0.3) is 5.56 Å². The van der Waals surface area contributed by atoms with Crippen LogP contribution in [0.3, 0.4) is 0 Å². The van der Waals surface area contributed by atoms with Crippen LogP contribution in [-0.4, -0.2) is 9.38 Å². The minimum atomic E-state index is -0.333. The first kappa shape index (κ1) is 13.0. The summed E-state index contributed by atoms with van der Waals surface area (Å²) in [6.45, 7) is 3.83. The standard InChI is InChI=1S/C18H13FN2O/c1-10-11(2)21-17(15-9-12(19)7-8-13(10)15)20-16-6-4-3-5-14(16)18(21)22/h3-9H,1-2H3. The van der Waals surface area contributed by atoms with E-state index in [1.54, 1.807) is 22.6 Å². The predicted octanol–water partition coefficient (Wildman–Crippen LogP) is 3.76. The molecule has 0 aliphatic heterocycles.